The van der Waals surface area contributed by atoms with Crippen molar-refractivity contribution >= 4 is 17.6 Å². The van der Waals surface area contributed by atoms with Crippen LogP contribution in [0.15, 0.2) is 18.2 Å². The van der Waals surface area contributed by atoms with Crippen molar-refractivity contribution < 1.29 is 14.7 Å². The summed E-state index contributed by atoms with van der Waals surface area (Å²) in [6, 6.07) is 4.06. The van der Waals surface area contributed by atoms with Crippen LogP contribution in [0.2, 0.25) is 0 Å². The van der Waals surface area contributed by atoms with Crippen LogP contribution < -0.4 is 5.73 Å². The summed E-state index contributed by atoms with van der Waals surface area (Å²) in [6.07, 6.45) is 0. The molecule has 0 aliphatic carbocycles. The topological polar surface area (TPSA) is 83.6 Å². The number of hydrogen-bond donors (Lipinski definition) is 2. The fraction of sp³-hybridized carbons (Fsp3) is 0.333. The Morgan fingerprint density at radius 2 is 2.00 bits per heavy atom. The number of hydrogen-bond acceptors (Lipinski definition) is 3. The predicted molar refractivity (Wildman–Crippen MR) is 64.8 cm³/mol. The van der Waals surface area contributed by atoms with Crippen LogP contribution in [0, 0.1) is 6.92 Å². The quantitative estimate of drug-likeness (QED) is 0.770. The summed E-state index contributed by atoms with van der Waals surface area (Å²) < 4.78 is 0. The first-order valence-electron chi connectivity index (χ1n) is 5.20. The van der Waals surface area contributed by atoms with Crippen LogP contribution in [-0.2, 0) is 4.79 Å². The number of carboxylic acid groups (broad SMARTS) is 1. The lowest BCUT2D eigenvalue weighted by Crippen LogP contribution is -2.40. The lowest BCUT2D eigenvalue weighted by Gasteiger charge is -2.21. The van der Waals surface area contributed by atoms with Crippen LogP contribution >= 0.6 is 0 Å². The van der Waals surface area contributed by atoms with Crippen LogP contribution in [0.5, 0.6) is 0 Å². The van der Waals surface area contributed by atoms with Gasteiger partial charge in [-0.1, -0.05) is 6.07 Å². The number of benzene rings is 1. The molecule has 5 heteroatoms. The number of nitrogen functional groups attached to an aromatic ring is 1. The third-order valence-corrected chi connectivity index (χ3v) is 2.78. The van der Waals surface area contributed by atoms with Gasteiger partial charge in [-0.05, 0) is 31.5 Å². The van der Waals surface area contributed by atoms with E-state index in [0.29, 0.717) is 11.3 Å². The number of nitrogens with zero attached hydrogens (tertiary/aromatic N) is 1. The van der Waals surface area contributed by atoms with Gasteiger partial charge in [0.1, 0.15) is 6.04 Å². The summed E-state index contributed by atoms with van der Waals surface area (Å²) in [4.78, 5) is 23.9. The van der Waals surface area contributed by atoms with Gasteiger partial charge in [0.15, 0.2) is 0 Å². The molecule has 1 aromatic rings. The van der Waals surface area contributed by atoms with Gasteiger partial charge in [-0.25, -0.2) is 4.79 Å². The minimum absolute atomic E-state index is 0.355. The average Bonchev–Trinajstić information content (AvgIpc) is 2.29. The van der Waals surface area contributed by atoms with Crippen LogP contribution in [0.3, 0.4) is 0 Å². The van der Waals surface area contributed by atoms with Gasteiger partial charge in [0, 0.05) is 18.3 Å². The average molecular weight is 236 g/mol. The van der Waals surface area contributed by atoms with Gasteiger partial charge in [0.25, 0.3) is 5.91 Å². The normalized spacial score (nSPS) is 11.9. The van der Waals surface area contributed by atoms with Gasteiger partial charge >= 0.3 is 5.97 Å². The fourth-order valence-electron chi connectivity index (χ4n) is 1.32. The van der Waals surface area contributed by atoms with Crippen LogP contribution in [0.1, 0.15) is 22.8 Å². The van der Waals surface area contributed by atoms with Gasteiger partial charge in [0.05, 0.1) is 0 Å². The molecule has 0 aliphatic rings. The molecule has 0 aromatic heterocycles. The number of nitrogens with two attached hydrogens (primary N) is 1. The predicted octanol–water partition coefficient (Wildman–Crippen LogP) is 1.12. The van der Waals surface area contributed by atoms with E-state index in [4.69, 9.17) is 10.8 Å². The molecule has 0 saturated heterocycles. The van der Waals surface area contributed by atoms with E-state index in [-0.39, 0.29) is 5.91 Å². The molecule has 1 amide bonds. The van der Waals surface area contributed by atoms with Crippen molar-refractivity contribution in [3.8, 4) is 0 Å². The number of amides is 1. The second-order valence-corrected chi connectivity index (χ2v) is 4.00. The van der Waals surface area contributed by atoms with E-state index >= 15 is 0 Å². The summed E-state index contributed by atoms with van der Waals surface area (Å²) in [5.74, 6) is -1.40. The van der Waals surface area contributed by atoms with E-state index in [1.165, 1.54) is 18.9 Å². The maximum absolute atomic E-state index is 12.0. The van der Waals surface area contributed by atoms with Crippen LogP contribution in [-0.4, -0.2) is 35.0 Å². The van der Waals surface area contributed by atoms with Crippen molar-refractivity contribution in [1.29, 1.82) is 0 Å². The number of aryl methyl sites for hydroxylation is 1. The van der Waals surface area contributed by atoms with Gasteiger partial charge in [0.2, 0.25) is 0 Å². The fourth-order valence-corrected chi connectivity index (χ4v) is 1.32. The third-order valence-electron chi connectivity index (χ3n) is 2.78. The molecule has 0 fully saturated rings. The molecule has 3 N–H and O–H groups in total. The minimum Gasteiger partial charge on any atom is -0.480 e. The highest BCUT2D eigenvalue weighted by molar-refractivity contribution is 5.97. The standard InChI is InChI=1S/C12H16N2O3/c1-7-4-5-9(6-10(7)13)11(15)14(3)8(2)12(16)17/h4-6,8H,13H2,1-3H3,(H,16,17). The van der Waals surface area contributed by atoms with E-state index in [2.05, 4.69) is 0 Å². The highest BCUT2D eigenvalue weighted by Gasteiger charge is 2.22. The lowest BCUT2D eigenvalue weighted by molar-refractivity contribution is -0.141. The molecule has 1 atom stereocenters. The van der Waals surface area contributed by atoms with Crippen molar-refractivity contribution in [3.05, 3.63) is 29.3 Å². The molecule has 1 aromatic carbocycles. The Balaban J connectivity index is 2.96. The Bertz CT molecular complexity index is 457. The molecule has 0 saturated carbocycles. The van der Waals surface area contributed by atoms with Gasteiger partial charge in [-0.15, -0.1) is 0 Å². The van der Waals surface area contributed by atoms with Crippen LogP contribution in [0.4, 0.5) is 5.69 Å². The number of carboxylic acids is 1. The zero-order chi connectivity index (χ0) is 13.2. The lowest BCUT2D eigenvalue weighted by atomic mass is 10.1. The monoisotopic (exact) mass is 236 g/mol. The largest absolute Gasteiger partial charge is 0.480 e. The Labute approximate surface area is 99.8 Å². The van der Waals surface area contributed by atoms with Crippen LogP contribution in [0.25, 0.3) is 0 Å². The highest BCUT2D eigenvalue weighted by Crippen LogP contribution is 2.15. The molecule has 0 aliphatic heterocycles. The molecule has 0 radical (unpaired) electrons. The second-order valence-electron chi connectivity index (χ2n) is 4.00. The first-order chi connectivity index (χ1) is 7.84. The highest BCUT2D eigenvalue weighted by atomic mass is 16.4. The molecule has 0 heterocycles. The molecule has 0 spiro atoms. The Hall–Kier alpha value is -2.04. The van der Waals surface area contributed by atoms with E-state index < -0.39 is 12.0 Å². The Kier molecular flexibility index (Phi) is 3.73. The van der Waals surface area contributed by atoms with Crippen molar-refractivity contribution in [2.24, 2.45) is 0 Å². The Morgan fingerprint density at radius 3 is 2.47 bits per heavy atom. The molecule has 1 rings (SSSR count). The van der Waals surface area contributed by atoms with E-state index in [9.17, 15) is 9.59 Å². The molecule has 92 valence electrons. The summed E-state index contributed by atoms with van der Waals surface area (Å²) in [5, 5.41) is 8.83. The van der Waals surface area contributed by atoms with Gasteiger partial charge in [-0.3, -0.25) is 4.79 Å². The van der Waals surface area contributed by atoms with Crippen molar-refractivity contribution in [3.63, 3.8) is 0 Å². The number of likely N-dealkylation sites (N-methyl/N-ethyl adjacent to an activating group) is 1. The van der Waals surface area contributed by atoms with E-state index in [1.54, 1.807) is 18.2 Å². The van der Waals surface area contributed by atoms with E-state index in [0.717, 1.165) is 5.56 Å². The maximum Gasteiger partial charge on any atom is 0.326 e. The number of rotatable bonds is 3. The SMILES string of the molecule is Cc1ccc(C(=O)N(C)C(C)C(=O)O)cc1N. The van der Waals surface area contributed by atoms with E-state index in [1.807, 2.05) is 6.92 Å². The first kappa shape index (κ1) is 13.0. The molecule has 17 heavy (non-hydrogen) atoms. The number of carbonyl (C=O) groups is 2. The molecule has 0 bridgehead atoms. The molecular formula is C12H16N2O3. The molecule has 1 unspecified atom stereocenters. The zero-order valence-corrected chi connectivity index (χ0v) is 10.1. The molecule has 5 nitrogen and oxygen atoms in total. The summed E-state index contributed by atoms with van der Waals surface area (Å²) in [7, 11) is 1.46. The maximum atomic E-state index is 12.0. The summed E-state index contributed by atoms with van der Waals surface area (Å²) in [5.41, 5.74) is 7.51. The summed E-state index contributed by atoms with van der Waals surface area (Å²) in [6.45, 7) is 3.30. The van der Waals surface area contributed by atoms with Crippen molar-refractivity contribution in [2.45, 2.75) is 19.9 Å². The smallest absolute Gasteiger partial charge is 0.326 e. The molecular weight excluding hydrogens is 220 g/mol. The number of anilines is 1. The van der Waals surface area contributed by atoms with Gasteiger partial charge in [-0.2, -0.15) is 0 Å². The zero-order valence-electron chi connectivity index (χ0n) is 10.1. The Morgan fingerprint density at radius 1 is 1.41 bits per heavy atom. The van der Waals surface area contributed by atoms with Crippen molar-refractivity contribution in [2.75, 3.05) is 12.8 Å². The number of carbonyl (C=O) groups excluding carboxylic acids is 1. The van der Waals surface area contributed by atoms with Gasteiger partial charge < -0.3 is 15.7 Å². The van der Waals surface area contributed by atoms with Crippen molar-refractivity contribution in [1.82, 2.24) is 4.90 Å². The first-order valence-corrected chi connectivity index (χ1v) is 5.20. The second kappa shape index (κ2) is 4.86. The number of aliphatic carboxylic acids is 1. The summed E-state index contributed by atoms with van der Waals surface area (Å²) >= 11 is 0. The third kappa shape index (κ3) is 2.75. The minimum atomic E-state index is -1.04.